The molecule has 1 fully saturated rings. The number of furan rings is 1. The minimum absolute atomic E-state index is 0.130. The first-order valence-corrected chi connectivity index (χ1v) is 10.5. The molecule has 3 aromatic rings. The Morgan fingerprint density at radius 3 is 2.61 bits per heavy atom. The molecule has 1 aromatic carbocycles. The summed E-state index contributed by atoms with van der Waals surface area (Å²) in [6.07, 6.45) is 0.853. The van der Waals surface area contributed by atoms with Crippen LogP contribution in [0.15, 0.2) is 57.6 Å². The van der Waals surface area contributed by atoms with Crippen LogP contribution in [0, 0.1) is 11.3 Å². The van der Waals surface area contributed by atoms with Crippen molar-refractivity contribution in [2.24, 2.45) is 0 Å². The molecular weight excluding hydrogens is 426 g/mol. The van der Waals surface area contributed by atoms with Crippen LogP contribution in [0.4, 0.5) is 10.7 Å². The third-order valence-corrected chi connectivity index (χ3v) is 5.24. The topological polar surface area (TPSA) is 125 Å². The lowest BCUT2D eigenvalue weighted by Gasteiger charge is -2.35. The Bertz CT molecular complexity index is 1130. The first-order valence-electron chi connectivity index (χ1n) is 10.5. The van der Waals surface area contributed by atoms with Gasteiger partial charge in [0.1, 0.15) is 18.7 Å². The number of anilines is 1. The van der Waals surface area contributed by atoms with Crippen LogP contribution in [-0.4, -0.2) is 54.1 Å². The summed E-state index contributed by atoms with van der Waals surface area (Å²) >= 11 is 0. The Labute approximate surface area is 190 Å². The van der Waals surface area contributed by atoms with Gasteiger partial charge in [-0.05, 0) is 24.6 Å². The number of carbonyl (C=O) groups excluding carboxylic acids is 2. The van der Waals surface area contributed by atoms with E-state index < -0.39 is 12.1 Å². The monoisotopic (exact) mass is 449 g/mol. The second-order valence-corrected chi connectivity index (χ2v) is 7.50. The lowest BCUT2D eigenvalue weighted by Crippen LogP contribution is -2.54. The smallest absolute Gasteiger partial charge is 0.408 e. The standard InChI is InChI=1S/C23H23N5O5/c1-16(25-23(30)32-15-17-6-3-2-4-7-17)21(29)27-9-11-28(12-10-27)22-18(14-24)26-20(33-22)19-8-5-13-31-19/h2-8,13,16H,9-12,15H2,1H3,(H,25,30). The minimum Gasteiger partial charge on any atom is -0.459 e. The van der Waals surface area contributed by atoms with Gasteiger partial charge in [-0.25, -0.2) is 4.79 Å². The zero-order valence-electron chi connectivity index (χ0n) is 18.1. The van der Waals surface area contributed by atoms with Crippen molar-refractivity contribution in [1.29, 1.82) is 5.26 Å². The number of hydrogen-bond donors (Lipinski definition) is 1. The molecule has 33 heavy (non-hydrogen) atoms. The molecule has 10 heteroatoms. The number of carbonyl (C=O) groups is 2. The van der Waals surface area contributed by atoms with Gasteiger partial charge in [-0.2, -0.15) is 10.2 Å². The number of rotatable bonds is 6. The molecular formula is C23H23N5O5. The highest BCUT2D eigenvalue weighted by Crippen LogP contribution is 2.29. The molecule has 1 saturated heterocycles. The van der Waals surface area contributed by atoms with Gasteiger partial charge < -0.3 is 28.7 Å². The number of alkyl carbamates (subject to hydrolysis) is 1. The van der Waals surface area contributed by atoms with Crippen molar-refractivity contribution in [1.82, 2.24) is 15.2 Å². The van der Waals surface area contributed by atoms with Crippen LogP contribution < -0.4 is 10.2 Å². The van der Waals surface area contributed by atoms with E-state index in [1.165, 1.54) is 6.26 Å². The SMILES string of the molecule is CC(NC(=O)OCc1ccccc1)C(=O)N1CCN(c2oc(-c3ccco3)nc2C#N)CC1. The van der Waals surface area contributed by atoms with E-state index in [2.05, 4.69) is 10.3 Å². The molecule has 2 aromatic heterocycles. The first kappa shape index (κ1) is 22.0. The number of ether oxygens (including phenoxy) is 1. The van der Waals surface area contributed by atoms with E-state index >= 15 is 0 Å². The van der Waals surface area contributed by atoms with Gasteiger partial charge in [0, 0.05) is 26.2 Å². The number of aromatic nitrogens is 1. The molecule has 10 nitrogen and oxygen atoms in total. The van der Waals surface area contributed by atoms with E-state index in [9.17, 15) is 14.9 Å². The summed E-state index contributed by atoms with van der Waals surface area (Å²) in [6.45, 7) is 3.48. The Hall–Kier alpha value is -4.26. The summed E-state index contributed by atoms with van der Waals surface area (Å²) in [5, 5.41) is 12.0. The Morgan fingerprint density at radius 2 is 1.94 bits per heavy atom. The minimum atomic E-state index is -0.731. The molecule has 4 rings (SSSR count). The summed E-state index contributed by atoms with van der Waals surface area (Å²) < 4.78 is 16.2. The number of hydrogen-bond acceptors (Lipinski definition) is 8. The van der Waals surface area contributed by atoms with E-state index in [-0.39, 0.29) is 24.1 Å². The Morgan fingerprint density at radius 1 is 1.18 bits per heavy atom. The number of benzene rings is 1. The number of oxazole rings is 1. The van der Waals surface area contributed by atoms with Crippen molar-refractivity contribution in [2.75, 3.05) is 31.1 Å². The zero-order valence-corrected chi connectivity index (χ0v) is 18.1. The van der Waals surface area contributed by atoms with Gasteiger partial charge in [-0.1, -0.05) is 30.3 Å². The first-order chi connectivity index (χ1) is 16.0. The second kappa shape index (κ2) is 9.91. The largest absolute Gasteiger partial charge is 0.459 e. The highest BCUT2D eigenvalue weighted by Gasteiger charge is 2.29. The predicted octanol–water partition coefficient (Wildman–Crippen LogP) is 2.77. The number of piperazine rings is 1. The summed E-state index contributed by atoms with van der Waals surface area (Å²) in [5.41, 5.74) is 1.03. The molecule has 3 heterocycles. The maximum absolute atomic E-state index is 12.8. The summed E-state index contributed by atoms with van der Waals surface area (Å²) in [5.74, 6) is 0.815. The average molecular weight is 449 g/mol. The fourth-order valence-corrected chi connectivity index (χ4v) is 3.51. The van der Waals surface area contributed by atoms with Crippen molar-refractivity contribution < 1.29 is 23.2 Å². The van der Waals surface area contributed by atoms with Gasteiger partial charge in [0.15, 0.2) is 5.76 Å². The van der Waals surface area contributed by atoms with E-state index in [0.29, 0.717) is 37.8 Å². The fraction of sp³-hybridized carbons (Fsp3) is 0.304. The van der Waals surface area contributed by atoms with Crippen LogP contribution in [0.3, 0.4) is 0 Å². The second-order valence-electron chi connectivity index (χ2n) is 7.50. The molecule has 1 atom stereocenters. The highest BCUT2D eigenvalue weighted by atomic mass is 16.5. The van der Waals surface area contributed by atoms with Crippen LogP contribution in [0.2, 0.25) is 0 Å². The predicted molar refractivity (Wildman–Crippen MR) is 117 cm³/mol. The number of nitriles is 1. The van der Waals surface area contributed by atoms with Gasteiger partial charge in [0.25, 0.3) is 5.89 Å². The van der Waals surface area contributed by atoms with Gasteiger partial charge in [0.2, 0.25) is 17.5 Å². The van der Waals surface area contributed by atoms with Gasteiger partial charge in [-0.15, -0.1) is 0 Å². The van der Waals surface area contributed by atoms with Gasteiger partial charge in [-0.3, -0.25) is 4.79 Å². The van der Waals surface area contributed by atoms with Crippen molar-refractivity contribution in [3.05, 3.63) is 60.0 Å². The maximum Gasteiger partial charge on any atom is 0.408 e. The molecule has 2 amide bonds. The van der Waals surface area contributed by atoms with Crippen LogP contribution in [0.1, 0.15) is 18.2 Å². The molecule has 1 N–H and O–H groups in total. The molecule has 1 aliphatic heterocycles. The molecule has 0 radical (unpaired) electrons. The van der Waals surface area contributed by atoms with E-state index in [4.69, 9.17) is 13.6 Å². The quantitative estimate of drug-likeness (QED) is 0.609. The van der Waals surface area contributed by atoms with Gasteiger partial charge >= 0.3 is 6.09 Å². The lowest BCUT2D eigenvalue weighted by molar-refractivity contribution is -0.133. The van der Waals surface area contributed by atoms with Crippen molar-refractivity contribution in [3.8, 4) is 17.7 Å². The van der Waals surface area contributed by atoms with E-state index in [0.717, 1.165) is 5.56 Å². The molecule has 1 unspecified atom stereocenters. The molecule has 0 bridgehead atoms. The van der Waals surface area contributed by atoms with Crippen molar-refractivity contribution >= 4 is 17.9 Å². The van der Waals surface area contributed by atoms with E-state index in [1.807, 2.05) is 41.3 Å². The summed E-state index contributed by atoms with van der Waals surface area (Å²) in [6, 6.07) is 14.0. The molecule has 0 saturated carbocycles. The molecule has 170 valence electrons. The number of amides is 2. The third kappa shape index (κ3) is 5.15. The maximum atomic E-state index is 12.8. The lowest BCUT2D eigenvalue weighted by atomic mass is 10.2. The number of nitrogens with zero attached hydrogens (tertiary/aromatic N) is 4. The van der Waals surface area contributed by atoms with Crippen LogP contribution in [-0.2, 0) is 16.1 Å². The molecule has 0 aliphatic carbocycles. The fourth-order valence-electron chi connectivity index (χ4n) is 3.51. The Kier molecular flexibility index (Phi) is 6.59. The van der Waals surface area contributed by atoms with Crippen molar-refractivity contribution in [3.63, 3.8) is 0 Å². The van der Waals surface area contributed by atoms with Crippen molar-refractivity contribution in [2.45, 2.75) is 19.6 Å². The zero-order chi connectivity index (χ0) is 23.2. The normalized spacial score (nSPS) is 14.4. The molecule has 1 aliphatic rings. The average Bonchev–Trinajstić information content (AvgIpc) is 3.53. The van der Waals surface area contributed by atoms with Crippen LogP contribution in [0.25, 0.3) is 11.7 Å². The van der Waals surface area contributed by atoms with Crippen LogP contribution in [0.5, 0.6) is 0 Å². The Balaban J connectivity index is 1.29. The molecule has 0 spiro atoms. The van der Waals surface area contributed by atoms with Crippen LogP contribution >= 0.6 is 0 Å². The summed E-state index contributed by atoms with van der Waals surface area (Å²) in [4.78, 5) is 32.5. The summed E-state index contributed by atoms with van der Waals surface area (Å²) in [7, 11) is 0. The van der Waals surface area contributed by atoms with Gasteiger partial charge in [0.05, 0.1) is 6.26 Å². The van der Waals surface area contributed by atoms with E-state index in [1.54, 1.807) is 24.0 Å². The number of nitrogens with one attached hydrogen (secondary N) is 1. The third-order valence-electron chi connectivity index (χ3n) is 5.24. The highest BCUT2D eigenvalue weighted by molar-refractivity contribution is 5.85.